The number of carbonyl (C=O) groups excluding carboxylic acids is 1. The summed E-state index contributed by atoms with van der Waals surface area (Å²) in [4.78, 5) is 12.2. The van der Waals surface area contributed by atoms with E-state index in [-0.39, 0.29) is 11.7 Å². The Hall–Kier alpha value is -1.76. The lowest BCUT2D eigenvalue weighted by molar-refractivity contribution is 0.102. The maximum absolute atomic E-state index is 12.2. The van der Waals surface area contributed by atoms with Crippen molar-refractivity contribution in [3.8, 4) is 0 Å². The third kappa shape index (κ3) is 3.47. The number of halogens is 2. The van der Waals surface area contributed by atoms with Crippen LogP contribution in [0.1, 0.15) is 21.5 Å². The average Bonchev–Trinajstić information content (AvgIpc) is 2.79. The van der Waals surface area contributed by atoms with Crippen LogP contribution in [0.5, 0.6) is 0 Å². The molecular weight excluding hydrogens is 333 g/mol. The first-order chi connectivity index (χ1) is 9.92. The van der Waals surface area contributed by atoms with Crippen molar-refractivity contribution in [1.82, 2.24) is 0 Å². The van der Waals surface area contributed by atoms with E-state index in [1.54, 1.807) is 18.2 Å². The van der Waals surface area contributed by atoms with Gasteiger partial charge in [-0.3, -0.25) is 4.79 Å². The molecule has 0 saturated carbocycles. The van der Waals surface area contributed by atoms with E-state index in [2.05, 4.69) is 10.5 Å². The zero-order valence-corrected chi connectivity index (χ0v) is 13.2. The quantitative estimate of drug-likeness (QED) is 0.343. The molecule has 0 aliphatic rings. The minimum Gasteiger partial charge on any atom is -0.409 e. The van der Waals surface area contributed by atoms with E-state index in [0.29, 0.717) is 25.5 Å². The van der Waals surface area contributed by atoms with Crippen LogP contribution in [0.2, 0.25) is 8.67 Å². The summed E-state index contributed by atoms with van der Waals surface area (Å²) in [6.45, 7) is 1.83. The molecule has 2 aromatic rings. The van der Waals surface area contributed by atoms with E-state index in [4.69, 9.17) is 34.1 Å². The van der Waals surface area contributed by atoms with Crippen molar-refractivity contribution in [2.45, 2.75) is 6.92 Å². The Labute approximate surface area is 135 Å². The first-order valence-electron chi connectivity index (χ1n) is 5.77. The number of thiophene rings is 1. The number of hydrogen-bond donors (Lipinski definition) is 3. The number of nitrogens with two attached hydrogens (primary N) is 1. The summed E-state index contributed by atoms with van der Waals surface area (Å²) < 4.78 is 0.759. The fourth-order valence-corrected chi connectivity index (χ4v) is 3.12. The van der Waals surface area contributed by atoms with Crippen LogP contribution in [0.4, 0.5) is 5.69 Å². The zero-order valence-electron chi connectivity index (χ0n) is 10.9. The highest BCUT2D eigenvalue weighted by atomic mass is 35.5. The maximum atomic E-state index is 12.2. The summed E-state index contributed by atoms with van der Waals surface area (Å²) in [5, 5.41) is 14.4. The van der Waals surface area contributed by atoms with E-state index in [9.17, 15) is 4.79 Å². The monoisotopic (exact) mass is 343 g/mol. The minimum absolute atomic E-state index is 0.0397. The van der Waals surface area contributed by atoms with Crippen LogP contribution < -0.4 is 11.1 Å². The molecule has 0 radical (unpaired) electrons. The molecule has 1 amide bonds. The van der Waals surface area contributed by atoms with Crippen molar-refractivity contribution in [1.29, 1.82) is 0 Å². The molecule has 1 aromatic carbocycles. The molecule has 4 N–H and O–H groups in total. The number of nitrogens with zero attached hydrogens (tertiary/aromatic N) is 1. The van der Waals surface area contributed by atoms with Gasteiger partial charge in [0.05, 0.1) is 9.90 Å². The molecule has 5 nitrogen and oxygen atoms in total. The van der Waals surface area contributed by atoms with Crippen LogP contribution in [-0.4, -0.2) is 17.0 Å². The van der Waals surface area contributed by atoms with Gasteiger partial charge >= 0.3 is 0 Å². The lowest BCUT2D eigenvalue weighted by Gasteiger charge is -2.10. The van der Waals surface area contributed by atoms with Gasteiger partial charge in [0.25, 0.3) is 5.91 Å². The molecule has 110 valence electrons. The highest BCUT2D eigenvalue weighted by Crippen LogP contribution is 2.31. The largest absolute Gasteiger partial charge is 0.409 e. The Balaban J connectivity index is 2.31. The molecule has 0 aliphatic heterocycles. The summed E-state index contributed by atoms with van der Waals surface area (Å²) in [7, 11) is 0. The lowest BCUT2D eigenvalue weighted by atomic mass is 10.1. The number of anilines is 1. The number of carbonyl (C=O) groups is 1. The molecular formula is C13H11Cl2N3O2S. The van der Waals surface area contributed by atoms with Gasteiger partial charge in [0.1, 0.15) is 4.34 Å². The van der Waals surface area contributed by atoms with Gasteiger partial charge in [-0.15, -0.1) is 11.3 Å². The Morgan fingerprint density at radius 1 is 1.38 bits per heavy atom. The molecule has 1 heterocycles. The zero-order chi connectivity index (χ0) is 15.6. The smallest absolute Gasteiger partial charge is 0.258 e. The molecule has 0 fully saturated rings. The number of oxime groups is 1. The molecule has 0 saturated heterocycles. The normalized spacial score (nSPS) is 11.5. The summed E-state index contributed by atoms with van der Waals surface area (Å²) in [5.41, 5.74) is 7.71. The van der Waals surface area contributed by atoms with Crippen molar-refractivity contribution in [3.05, 3.63) is 49.6 Å². The minimum atomic E-state index is -0.372. The van der Waals surface area contributed by atoms with Gasteiger partial charge in [-0.1, -0.05) is 40.5 Å². The third-order valence-electron chi connectivity index (χ3n) is 2.79. The van der Waals surface area contributed by atoms with Crippen molar-refractivity contribution in [2.24, 2.45) is 10.9 Å². The molecule has 0 bridgehead atoms. The summed E-state index contributed by atoms with van der Waals surface area (Å²) in [6, 6.07) is 6.57. The van der Waals surface area contributed by atoms with Gasteiger partial charge in [-0.25, -0.2) is 0 Å². The van der Waals surface area contributed by atoms with Gasteiger partial charge in [0.2, 0.25) is 0 Å². The fourth-order valence-electron chi connectivity index (χ4n) is 1.66. The van der Waals surface area contributed by atoms with Gasteiger partial charge in [0.15, 0.2) is 5.84 Å². The molecule has 0 spiro atoms. The van der Waals surface area contributed by atoms with Crippen molar-refractivity contribution in [2.75, 3.05) is 5.32 Å². The summed E-state index contributed by atoms with van der Waals surface area (Å²) >= 11 is 12.9. The SMILES string of the molecule is Cc1ccc(/C(N)=N/O)cc1NC(=O)c1cc(Cl)sc1Cl. The van der Waals surface area contributed by atoms with Gasteiger partial charge in [-0.2, -0.15) is 0 Å². The molecule has 0 aliphatic carbocycles. The number of hydrogen-bond acceptors (Lipinski definition) is 4. The van der Waals surface area contributed by atoms with E-state index in [1.165, 1.54) is 6.07 Å². The number of amides is 1. The predicted molar refractivity (Wildman–Crippen MR) is 86.0 cm³/mol. The third-order valence-corrected chi connectivity index (χ3v) is 4.28. The second kappa shape index (κ2) is 6.34. The molecule has 21 heavy (non-hydrogen) atoms. The lowest BCUT2D eigenvalue weighted by Crippen LogP contribution is -2.16. The maximum Gasteiger partial charge on any atom is 0.258 e. The Morgan fingerprint density at radius 2 is 2.10 bits per heavy atom. The summed E-state index contributed by atoms with van der Waals surface area (Å²) in [5.74, 6) is -0.412. The van der Waals surface area contributed by atoms with Crippen molar-refractivity contribution < 1.29 is 10.0 Å². The number of aryl methyl sites for hydroxylation is 1. The predicted octanol–water partition coefficient (Wildman–Crippen LogP) is 3.71. The number of amidine groups is 1. The van der Waals surface area contributed by atoms with Crippen molar-refractivity contribution in [3.63, 3.8) is 0 Å². The van der Waals surface area contributed by atoms with E-state index < -0.39 is 0 Å². The van der Waals surface area contributed by atoms with Gasteiger partial charge < -0.3 is 16.3 Å². The Morgan fingerprint density at radius 3 is 2.67 bits per heavy atom. The Bertz CT molecular complexity index is 728. The van der Waals surface area contributed by atoms with Crippen LogP contribution in [0.15, 0.2) is 29.4 Å². The second-order valence-electron chi connectivity index (χ2n) is 4.21. The molecule has 8 heteroatoms. The van der Waals surface area contributed by atoms with Crippen LogP contribution in [0, 0.1) is 6.92 Å². The molecule has 0 unspecified atom stereocenters. The van der Waals surface area contributed by atoms with Crippen molar-refractivity contribution >= 4 is 52.0 Å². The second-order valence-corrected chi connectivity index (χ2v) is 6.49. The first kappa shape index (κ1) is 15.6. The topological polar surface area (TPSA) is 87.7 Å². The molecule has 2 rings (SSSR count). The van der Waals surface area contributed by atoms with E-state index >= 15 is 0 Å². The Kier molecular flexibility index (Phi) is 4.72. The first-order valence-corrected chi connectivity index (χ1v) is 7.34. The highest BCUT2D eigenvalue weighted by molar-refractivity contribution is 7.20. The van der Waals surface area contributed by atoms with Crippen LogP contribution in [-0.2, 0) is 0 Å². The average molecular weight is 344 g/mol. The molecule has 0 atom stereocenters. The van der Waals surface area contributed by atoms with Crippen LogP contribution in [0.25, 0.3) is 0 Å². The number of benzene rings is 1. The molecule has 1 aromatic heterocycles. The van der Waals surface area contributed by atoms with E-state index in [0.717, 1.165) is 16.9 Å². The fraction of sp³-hybridized carbons (Fsp3) is 0.0769. The standard InChI is InChI=1S/C13H11Cl2N3O2S/c1-6-2-3-7(12(16)18-20)4-9(6)17-13(19)8-5-10(14)21-11(8)15/h2-5,20H,1H3,(H2,16,18)(H,17,19). The van der Waals surface area contributed by atoms with Gasteiger partial charge in [0, 0.05) is 11.3 Å². The number of nitrogens with one attached hydrogen (secondary N) is 1. The highest BCUT2D eigenvalue weighted by Gasteiger charge is 2.15. The van der Waals surface area contributed by atoms with Crippen LogP contribution in [0.3, 0.4) is 0 Å². The summed E-state index contributed by atoms with van der Waals surface area (Å²) in [6.07, 6.45) is 0. The van der Waals surface area contributed by atoms with Gasteiger partial charge in [-0.05, 0) is 24.6 Å². The number of rotatable bonds is 3. The van der Waals surface area contributed by atoms with E-state index in [1.807, 2.05) is 6.92 Å². The van der Waals surface area contributed by atoms with Crippen LogP contribution >= 0.6 is 34.5 Å².